The molecule has 0 aliphatic heterocycles. The maximum absolute atomic E-state index is 2.57. The van der Waals surface area contributed by atoms with Crippen LogP contribution in [0.3, 0.4) is 0 Å². The van der Waals surface area contributed by atoms with Crippen LogP contribution in [0, 0.1) is 0 Å². The predicted octanol–water partition coefficient (Wildman–Crippen LogP) is 8.28. The molecule has 2 aliphatic carbocycles. The molecule has 0 fully saturated rings. The van der Waals surface area contributed by atoms with E-state index >= 15 is 0 Å². The summed E-state index contributed by atoms with van der Waals surface area (Å²) in [5.41, 5.74) is 7.02. The summed E-state index contributed by atoms with van der Waals surface area (Å²) in [6, 6.07) is 0. The minimum absolute atomic E-state index is 0. The van der Waals surface area contributed by atoms with Crippen LogP contribution in [0.1, 0.15) is 91.9 Å². The first-order valence-electron chi connectivity index (χ1n) is 9.84. The normalized spacial score (nSPS) is 16.5. The topological polar surface area (TPSA) is 0 Å². The predicted molar refractivity (Wildman–Crippen MR) is 114 cm³/mol. The molecule has 0 aromatic carbocycles. The summed E-state index contributed by atoms with van der Waals surface area (Å²) in [4.78, 5) is 0. The van der Waals surface area contributed by atoms with Gasteiger partial charge in [0, 0.05) is 0 Å². The van der Waals surface area contributed by atoms with Gasteiger partial charge in [-0.25, -0.2) is 0 Å². The molecule has 0 spiro atoms. The van der Waals surface area contributed by atoms with E-state index in [-0.39, 0.29) is 24.8 Å². The van der Waals surface area contributed by atoms with Crippen molar-refractivity contribution in [2.24, 2.45) is 0 Å². The molecule has 0 saturated heterocycles. The Bertz CT molecular complexity index is 490. The van der Waals surface area contributed by atoms with Crippen LogP contribution >= 0.6 is 24.8 Å². The Balaban J connectivity index is 0.00000288. The Hall–Kier alpha value is 0.423. The third-order valence-corrected chi connectivity index (χ3v) is 8.92. The van der Waals surface area contributed by atoms with Gasteiger partial charge in [0.15, 0.2) is 0 Å². The Labute approximate surface area is 180 Å². The van der Waals surface area contributed by atoms with Gasteiger partial charge in [0.25, 0.3) is 0 Å². The zero-order valence-corrected chi connectivity index (χ0v) is 20.6. The van der Waals surface area contributed by atoms with Crippen LogP contribution in [0.2, 0.25) is 0 Å². The molecule has 0 N–H and O–H groups in total. The largest absolute Gasteiger partial charge is 0.147 e. The molecule has 0 nitrogen and oxygen atoms in total. The van der Waals surface area contributed by atoms with Gasteiger partial charge in [-0.15, -0.1) is 24.8 Å². The molecule has 0 saturated carbocycles. The van der Waals surface area contributed by atoms with Crippen molar-refractivity contribution in [2.45, 2.75) is 91.9 Å². The van der Waals surface area contributed by atoms with E-state index in [9.17, 15) is 0 Å². The van der Waals surface area contributed by atoms with Crippen LogP contribution in [-0.2, 0) is 23.2 Å². The van der Waals surface area contributed by atoms with Crippen molar-refractivity contribution in [2.75, 3.05) is 0 Å². The summed E-state index contributed by atoms with van der Waals surface area (Å²) in [6.45, 7) is 9.33. The van der Waals surface area contributed by atoms with Gasteiger partial charge in [-0.2, -0.15) is 0 Å². The first-order valence-corrected chi connectivity index (χ1v) is 12.3. The molecule has 3 heteroatoms. The number of allylic oxidation sites excluding steroid dienone is 8. The average Bonchev–Trinajstić information content (AvgIpc) is 3.09. The average molecular weight is 463 g/mol. The molecule has 0 bridgehead atoms. The van der Waals surface area contributed by atoms with Crippen molar-refractivity contribution in [1.82, 2.24) is 0 Å². The second-order valence-electron chi connectivity index (χ2n) is 6.91. The molecule has 0 atom stereocenters. The maximum atomic E-state index is 2.57. The zero-order valence-electron chi connectivity index (χ0n) is 16.5. The zero-order chi connectivity index (χ0) is 16.7. The van der Waals surface area contributed by atoms with Gasteiger partial charge >= 0.3 is 156 Å². The molecule has 0 aromatic rings. The summed E-state index contributed by atoms with van der Waals surface area (Å²) in [6.07, 6.45) is 18.2. The summed E-state index contributed by atoms with van der Waals surface area (Å²) in [5, 5.41) is 0. The molecular formula is C22H36Cl2Zr. The van der Waals surface area contributed by atoms with Crippen molar-refractivity contribution in [1.29, 1.82) is 0 Å². The van der Waals surface area contributed by atoms with Crippen molar-refractivity contribution in [3.8, 4) is 0 Å². The number of rotatable bonds is 10. The van der Waals surface area contributed by atoms with Crippen LogP contribution in [0.4, 0.5) is 0 Å². The Morgan fingerprint density at radius 2 is 1.00 bits per heavy atom. The van der Waals surface area contributed by atoms with Crippen LogP contribution in [-0.4, -0.2) is 0 Å². The first kappa shape index (κ1) is 25.4. The van der Waals surface area contributed by atoms with Gasteiger partial charge in [0.05, 0.1) is 0 Å². The fraction of sp³-hybridized carbons (Fsp3) is 0.636. The van der Waals surface area contributed by atoms with E-state index in [4.69, 9.17) is 0 Å². The van der Waals surface area contributed by atoms with Gasteiger partial charge in [-0.1, -0.05) is 0 Å². The van der Waals surface area contributed by atoms with Crippen LogP contribution < -0.4 is 0 Å². The summed E-state index contributed by atoms with van der Waals surface area (Å²) in [7, 11) is 0. The van der Waals surface area contributed by atoms with E-state index in [0.717, 1.165) is 0 Å². The van der Waals surface area contributed by atoms with Crippen molar-refractivity contribution in [3.63, 3.8) is 0 Å². The van der Waals surface area contributed by atoms with Crippen LogP contribution in [0.15, 0.2) is 41.0 Å². The quantitative estimate of drug-likeness (QED) is 0.306. The fourth-order valence-electron chi connectivity index (χ4n) is 3.93. The molecule has 142 valence electrons. The molecule has 0 radical (unpaired) electrons. The van der Waals surface area contributed by atoms with Crippen LogP contribution in [0.5, 0.6) is 0 Å². The summed E-state index contributed by atoms with van der Waals surface area (Å²) < 4.78 is 3.82. The van der Waals surface area contributed by atoms with E-state index < -0.39 is 23.2 Å². The maximum Gasteiger partial charge on any atom is -0.147 e. The smallest absolute Gasteiger partial charge is 0.147 e. The Kier molecular flexibility index (Phi) is 13.8. The van der Waals surface area contributed by atoms with Crippen molar-refractivity contribution in [3.05, 3.63) is 41.0 Å². The van der Waals surface area contributed by atoms with Crippen LogP contribution in [0.25, 0.3) is 0 Å². The molecule has 2 aliphatic rings. The van der Waals surface area contributed by atoms with E-state index in [2.05, 4.69) is 39.8 Å². The van der Waals surface area contributed by atoms with E-state index in [1.807, 2.05) is 6.56 Å². The molecule has 0 amide bonds. The van der Waals surface area contributed by atoms with Gasteiger partial charge < -0.3 is 0 Å². The second-order valence-corrected chi connectivity index (χ2v) is 10.5. The minimum Gasteiger partial charge on any atom is -0.147 e. The van der Waals surface area contributed by atoms with Crippen molar-refractivity contribution < 1.29 is 23.2 Å². The SMILES string of the molecule is CCCC1=CC[C]([Zr][C]2=C(CCC)C(CCC)=CC2)=C1CCC.Cl.Cl. The third-order valence-electron chi connectivity index (χ3n) is 4.95. The standard InChI is InChI=1S/2C11H17.2ClH.Zr/c2*1-3-6-10-8-5-9-11(10)7-4-2;;;/h2*8H,3-7H2,1-2H3;2*1H;. The number of hydrogen-bond acceptors (Lipinski definition) is 0. The minimum atomic E-state index is -0.541. The van der Waals surface area contributed by atoms with Gasteiger partial charge in [-0.05, 0) is 0 Å². The molecule has 0 unspecified atom stereocenters. The number of halogens is 2. The van der Waals surface area contributed by atoms with E-state index in [0.29, 0.717) is 0 Å². The summed E-state index contributed by atoms with van der Waals surface area (Å²) in [5.74, 6) is 0. The molecule has 0 aromatic heterocycles. The molecule has 2 rings (SSSR count). The monoisotopic (exact) mass is 460 g/mol. The fourth-order valence-corrected chi connectivity index (χ4v) is 7.98. The summed E-state index contributed by atoms with van der Waals surface area (Å²) >= 11 is -0.541. The van der Waals surface area contributed by atoms with Gasteiger partial charge in [-0.3, -0.25) is 0 Å². The van der Waals surface area contributed by atoms with Gasteiger partial charge in [0.2, 0.25) is 0 Å². The number of hydrogen-bond donors (Lipinski definition) is 0. The molecule has 25 heavy (non-hydrogen) atoms. The third kappa shape index (κ3) is 6.82. The first-order chi connectivity index (χ1) is 11.2. The second kappa shape index (κ2) is 13.6. The Morgan fingerprint density at radius 3 is 1.32 bits per heavy atom. The van der Waals surface area contributed by atoms with Gasteiger partial charge in [0.1, 0.15) is 0 Å². The molecule has 0 heterocycles. The molecular weight excluding hydrogens is 426 g/mol. The Morgan fingerprint density at radius 1 is 0.640 bits per heavy atom. The van der Waals surface area contributed by atoms with Crippen molar-refractivity contribution >= 4 is 24.8 Å². The van der Waals surface area contributed by atoms with E-state index in [1.165, 1.54) is 64.2 Å². The van der Waals surface area contributed by atoms with E-state index in [1.54, 1.807) is 22.3 Å².